The molecule has 1 saturated heterocycles. The van der Waals surface area contributed by atoms with Crippen molar-refractivity contribution in [3.63, 3.8) is 0 Å². The summed E-state index contributed by atoms with van der Waals surface area (Å²) >= 11 is 0. The third-order valence-electron chi connectivity index (χ3n) is 4.82. The molecule has 9 heteroatoms. The van der Waals surface area contributed by atoms with Gasteiger partial charge >= 0.3 is 6.09 Å². The first-order valence-corrected chi connectivity index (χ1v) is 11.5. The maximum atomic E-state index is 12.7. The molecular weight excluding hydrogens is 408 g/mol. The number of rotatable bonds is 9. The van der Waals surface area contributed by atoms with Crippen LogP contribution in [0.5, 0.6) is 0 Å². The van der Waals surface area contributed by atoms with Crippen molar-refractivity contribution >= 4 is 18.0 Å². The Morgan fingerprint density at radius 3 is 2.62 bits per heavy atom. The lowest BCUT2D eigenvalue weighted by molar-refractivity contribution is -0.128. The Labute approximate surface area is 191 Å². The fourth-order valence-corrected chi connectivity index (χ4v) is 3.31. The number of carbonyl (C=O) groups excluding carboxylic acids is 2. The van der Waals surface area contributed by atoms with Gasteiger partial charge < -0.3 is 25.2 Å². The van der Waals surface area contributed by atoms with E-state index in [-0.39, 0.29) is 18.5 Å². The second-order valence-corrected chi connectivity index (χ2v) is 8.83. The van der Waals surface area contributed by atoms with Crippen LogP contribution in [0, 0.1) is 0 Å². The number of pyridine rings is 1. The van der Waals surface area contributed by atoms with Gasteiger partial charge in [-0.1, -0.05) is 6.07 Å². The highest BCUT2D eigenvalue weighted by molar-refractivity contribution is 5.85. The van der Waals surface area contributed by atoms with Crippen molar-refractivity contribution in [2.24, 2.45) is 4.99 Å². The number of aromatic nitrogens is 1. The molecule has 0 unspecified atom stereocenters. The first-order chi connectivity index (χ1) is 15.3. The highest BCUT2D eigenvalue weighted by Gasteiger charge is 2.22. The molecule has 1 aromatic heterocycles. The van der Waals surface area contributed by atoms with Gasteiger partial charge in [-0.3, -0.25) is 9.78 Å². The van der Waals surface area contributed by atoms with Gasteiger partial charge in [-0.2, -0.15) is 0 Å². The predicted octanol–water partition coefficient (Wildman–Crippen LogP) is 2.39. The largest absolute Gasteiger partial charge is 0.444 e. The van der Waals surface area contributed by atoms with Gasteiger partial charge in [0.05, 0.1) is 6.54 Å². The van der Waals surface area contributed by atoms with E-state index in [0.29, 0.717) is 38.6 Å². The number of amides is 2. The van der Waals surface area contributed by atoms with Crippen molar-refractivity contribution < 1.29 is 14.3 Å². The molecule has 1 fully saturated rings. The van der Waals surface area contributed by atoms with E-state index in [0.717, 1.165) is 31.5 Å². The molecule has 0 aromatic carbocycles. The van der Waals surface area contributed by atoms with Crippen molar-refractivity contribution in [2.45, 2.75) is 59.1 Å². The molecule has 2 heterocycles. The van der Waals surface area contributed by atoms with Crippen LogP contribution < -0.4 is 10.6 Å². The molecule has 1 aromatic rings. The molecule has 0 saturated carbocycles. The Morgan fingerprint density at radius 1 is 1.25 bits per heavy atom. The number of hydrogen-bond acceptors (Lipinski definition) is 5. The molecule has 32 heavy (non-hydrogen) atoms. The van der Waals surface area contributed by atoms with Gasteiger partial charge in [0.1, 0.15) is 12.1 Å². The summed E-state index contributed by atoms with van der Waals surface area (Å²) in [6.07, 6.45) is 5.95. The van der Waals surface area contributed by atoms with Crippen LogP contribution in [0.1, 0.15) is 52.5 Å². The molecule has 178 valence electrons. The molecule has 2 rings (SSSR count). The number of guanidine groups is 1. The van der Waals surface area contributed by atoms with E-state index in [1.807, 2.05) is 44.7 Å². The van der Waals surface area contributed by atoms with E-state index in [4.69, 9.17) is 4.74 Å². The van der Waals surface area contributed by atoms with Crippen molar-refractivity contribution in [3.8, 4) is 0 Å². The van der Waals surface area contributed by atoms with Gasteiger partial charge in [0, 0.05) is 45.1 Å². The summed E-state index contributed by atoms with van der Waals surface area (Å²) in [6.45, 7) is 11.6. The number of likely N-dealkylation sites (tertiary alicyclic amines) is 1. The highest BCUT2D eigenvalue weighted by Crippen LogP contribution is 2.13. The zero-order chi connectivity index (χ0) is 23.4. The smallest absolute Gasteiger partial charge is 0.410 e. The Bertz CT molecular complexity index is 742. The van der Waals surface area contributed by atoms with E-state index in [1.54, 1.807) is 17.3 Å². The van der Waals surface area contributed by atoms with Gasteiger partial charge in [0.25, 0.3) is 0 Å². The van der Waals surface area contributed by atoms with Gasteiger partial charge in [0.15, 0.2) is 5.96 Å². The number of hydrogen-bond donors (Lipinski definition) is 2. The first kappa shape index (κ1) is 25.4. The summed E-state index contributed by atoms with van der Waals surface area (Å²) in [7, 11) is 0. The SMILES string of the molecule is CCNC(=NCC(=O)N1CCCC1)NCCCN(Cc1cccnc1)C(=O)OC(C)(C)C. The lowest BCUT2D eigenvalue weighted by atomic mass is 10.2. The summed E-state index contributed by atoms with van der Waals surface area (Å²) in [4.78, 5) is 37.0. The van der Waals surface area contributed by atoms with Crippen LogP contribution >= 0.6 is 0 Å². The highest BCUT2D eigenvalue weighted by atomic mass is 16.6. The molecule has 0 aliphatic carbocycles. The topological polar surface area (TPSA) is 99.2 Å². The van der Waals surface area contributed by atoms with E-state index in [9.17, 15) is 9.59 Å². The van der Waals surface area contributed by atoms with E-state index in [2.05, 4.69) is 20.6 Å². The number of carbonyl (C=O) groups is 2. The van der Waals surface area contributed by atoms with Crippen LogP contribution in [-0.2, 0) is 16.1 Å². The second-order valence-electron chi connectivity index (χ2n) is 8.83. The standard InChI is InChI=1S/C23H38N6O3/c1-5-25-21(27-17-20(30)28-13-6-7-14-28)26-12-9-15-29(22(31)32-23(2,3)4)18-19-10-8-11-24-16-19/h8,10-11,16H,5-7,9,12-15,17-18H2,1-4H3,(H2,25,26,27). The Balaban J connectivity index is 1.87. The Kier molecular flexibility index (Phi) is 10.2. The van der Waals surface area contributed by atoms with Crippen LogP contribution in [0.4, 0.5) is 4.79 Å². The van der Waals surface area contributed by atoms with Crippen molar-refractivity contribution in [3.05, 3.63) is 30.1 Å². The molecule has 1 aliphatic heterocycles. The maximum absolute atomic E-state index is 12.7. The van der Waals surface area contributed by atoms with Gasteiger partial charge in [-0.05, 0) is 58.6 Å². The van der Waals surface area contributed by atoms with E-state index < -0.39 is 5.60 Å². The average Bonchev–Trinajstić information content (AvgIpc) is 3.28. The number of aliphatic imine (C=N–C) groups is 1. The molecule has 0 atom stereocenters. The summed E-state index contributed by atoms with van der Waals surface area (Å²) in [5.41, 5.74) is 0.386. The third kappa shape index (κ3) is 9.53. The van der Waals surface area contributed by atoms with Crippen LogP contribution in [0.25, 0.3) is 0 Å². The predicted molar refractivity (Wildman–Crippen MR) is 125 cm³/mol. The molecule has 9 nitrogen and oxygen atoms in total. The fourth-order valence-electron chi connectivity index (χ4n) is 3.31. The van der Waals surface area contributed by atoms with Gasteiger partial charge in [-0.25, -0.2) is 9.79 Å². The van der Waals surface area contributed by atoms with Crippen LogP contribution in [0.3, 0.4) is 0 Å². The van der Waals surface area contributed by atoms with Gasteiger partial charge in [-0.15, -0.1) is 0 Å². The second kappa shape index (κ2) is 12.9. The molecule has 0 spiro atoms. The van der Waals surface area contributed by atoms with Crippen LogP contribution in [0.15, 0.2) is 29.5 Å². The summed E-state index contributed by atoms with van der Waals surface area (Å²) < 4.78 is 5.57. The van der Waals surface area contributed by atoms with Crippen LogP contribution in [0.2, 0.25) is 0 Å². The number of ether oxygens (including phenoxy) is 1. The minimum atomic E-state index is -0.560. The minimum Gasteiger partial charge on any atom is -0.444 e. The summed E-state index contributed by atoms with van der Waals surface area (Å²) in [5, 5.41) is 6.42. The molecule has 2 amide bonds. The fraction of sp³-hybridized carbons (Fsp3) is 0.652. The van der Waals surface area contributed by atoms with Crippen molar-refractivity contribution in [1.29, 1.82) is 0 Å². The van der Waals surface area contributed by atoms with Gasteiger partial charge in [0.2, 0.25) is 5.91 Å². The first-order valence-electron chi connectivity index (χ1n) is 11.5. The molecule has 0 bridgehead atoms. The Morgan fingerprint density at radius 2 is 2.00 bits per heavy atom. The number of nitrogens with zero attached hydrogens (tertiary/aromatic N) is 4. The van der Waals surface area contributed by atoms with Crippen molar-refractivity contribution in [2.75, 3.05) is 39.3 Å². The third-order valence-corrected chi connectivity index (χ3v) is 4.82. The zero-order valence-electron chi connectivity index (χ0n) is 19.9. The average molecular weight is 447 g/mol. The molecule has 0 radical (unpaired) electrons. The van der Waals surface area contributed by atoms with Crippen molar-refractivity contribution in [1.82, 2.24) is 25.4 Å². The molecular formula is C23H38N6O3. The lowest BCUT2D eigenvalue weighted by Gasteiger charge is -2.27. The van der Waals surface area contributed by atoms with Crippen LogP contribution in [-0.4, -0.2) is 77.6 Å². The quantitative estimate of drug-likeness (QED) is 0.343. The van der Waals surface area contributed by atoms with E-state index in [1.165, 1.54) is 0 Å². The zero-order valence-corrected chi connectivity index (χ0v) is 19.9. The normalized spacial score (nSPS) is 14.2. The lowest BCUT2D eigenvalue weighted by Crippen LogP contribution is -2.41. The molecule has 2 N–H and O–H groups in total. The number of nitrogens with one attached hydrogen (secondary N) is 2. The Hall–Kier alpha value is -2.84. The monoisotopic (exact) mass is 446 g/mol. The minimum absolute atomic E-state index is 0.0623. The summed E-state index contributed by atoms with van der Waals surface area (Å²) in [6, 6.07) is 3.79. The molecule has 1 aliphatic rings. The summed E-state index contributed by atoms with van der Waals surface area (Å²) in [5.74, 6) is 0.670. The maximum Gasteiger partial charge on any atom is 0.410 e. The van der Waals surface area contributed by atoms with E-state index >= 15 is 0 Å².